The van der Waals surface area contributed by atoms with E-state index in [4.69, 9.17) is 0 Å². The minimum atomic E-state index is -0.707. The van der Waals surface area contributed by atoms with E-state index in [0.29, 0.717) is 22.5 Å². The van der Waals surface area contributed by atoms with Gasteiger partial charge in [0, 0.05) is 23.2 Å². The Hall–Kier alpha value is -2.03. The fourth-order valence-corrected chi connectivity index (χ4v) is 2.02. The van der Waals surface area contributed by atoms with Crippen molar-refractivity contribution in [3.05, 3.63) is 48.9 Å². The highest BCUT2D eigenvalue weighted by Gasteiger charge is 2.16. The largest absolute Gasteiger partial charge is 0.335 e. The molecular formula is C10H10BrN5O3. The Morgan fingerprint density at radius 2 is 2.32 bits per heavy atom. The molecule has 100 valence electrons. The molecule has 0 saturated heterocycles. The molecule has 0 bridgehead atoms. The lowest BCUT2D eigenvalue weighted by Crippen LogP contribution is -2.23. The highest BCUT2D eigenvalue weighted by Crippen LogP contribution is 2.14. The Morgan fingerprint density at radius 1 is 1.58 bits per heavy atom. The first kappa shape index (κ1) is 13.4. The van der Waals surface area contributed by atoms with Gasteiger partial charge in [0.2, 0.25) is 0 Å². The van der Waals surface area contributed by atoms with Crippen LogP contribution in [-0.2, 0) is 13.0 Å². The smallest absolute Gasteiger partial charge is 0.301 e. The second-order valence-corrected chi connectivity index (χ2v) is 4.70. The normalized spacial score (nSPS) is 10.6. The maximum absolute atomic E-state index is 11.9. The maximum atomic E-state index is 11.9. The average Bonchev–Trinajstić information content (AvgIpc) is 2.80. The van der Waals surface area contributed by atoms with Gasteiger partial charge in [-0.15, -0.1) is 0 Å². The van der Waals surface area contributed by atoms with E-state index in [1.165, 1.54) is 16.8 Å². The molecule has 2 aromatic rings. The number of aromatic nitrogens is 4. The number of hydrogen-bond donors (Lipinski definition) is 1. The highest BCUT2D eigenvalue weighted by molar-refractivity contribution is 9.10. The van der Waals surface area contributed by atoms with Crippen LogP contribution in [0.1, 0.15) is 18.6 Å². The van der Waals surface area contributed by atoms with E-state index in [0.717, 1.165) is 0 Å². The van der Waals surface area contributed by atoms with Gasteiger partial charge in [-0.3, -0.25) is 20.0 Å². The minimum Gasteiger partial charge on any atom is -0.301 e. The van der Waals surface area contributed by atoms with Crippen molar-refractivity contribution in [2.75, 3.05) is 0 Å². The predicted octanol–water partition coefficient (Wildman–Crippen LogP) is 1.25. The summed E-state index contributed by atoms with van der Waals surface area (Å²) in [5.74, 6) is 1.11. The summed E-state index contributed by atoms with van der Waals surface area (Å²) in [6.45, 7) is 2.01. The first-order valence-corrected chi connectivity index (χ1v) is 6.25. The Bertz CT molecular complexity index is 678. The van der Waals surface area contributed by atoms with E-state index in [-0.39, 0.29) is 6.54 Å². The Kier molecular flexibility index (Phi) is 3.74. The SMILES string of the molecule is CCc1n[nH]c(Cn2cc(Br)cc([N+](=O)[O-])c2=O)n1. The number of nitrogens with zero attached hydrogens (tertiary/aromatic N) is 4. The highest BCUT2D eigenvalue weighted by atomic mass is 79.9. The summed E-state index contributed by atoms with van der Waals surface area (Å²) >= 11 is 3.14. The van der Waals surface area contributed by atoms with Gasteiger partial charge in [-0.05, 0) is 15.9 Å². The third-order valence-electron chi connectivity index (χ3n) is 2.44. The van der Waals surface area contributed by atoms with Crippen molar-refractivity contribution in [3.8, 4) is 0 Å². The molecule has 2 rings (SSSR count). The number of halogens is 1. The van der Waals surface area contributed by atoms with Crippen LogP contribution >= 0.6 is 15.9 Å². The van der Waals surface area contributed by atoms with E-state index in [9.17, 15) is 14.9 Å². The van der Waals surface area contributed by atoms with Gasteiger partial charge in [0.1, 0.15) is 5.82 Å². The number of rotatable bonds is 4. The molecule has 0 aliphatic heterocycles. The third kappa shape index (κ3) is 2.87. The van der Waals surface area contributed by atoms with E-state index < -0.39 is 16.2 Å². The summed E-state index contributed by atoms with van der Waals surface area (Å²) in [6.07, 6.45) is 2.15. The topological polar surface area (TPSA) is 107 Å². The molecule has 1 N–H and O–H groups in total. The molecule has 0 aliphatic rings. The molecule has 8 nitrogen and oxygen atoms in total. The molecular weight excluding hydrogens is 318 g/mol. The van der Waals surface area contributed by atoms with Crippen molar-refractivity contribution in [3.63, 3.8) is 0 Å². The molecule has 0 unspecified atom stereocenters. The van der Waals surface area contributed by atoms with Crippen molar-refractivity contribution in [2.24, 2.45) is 0 Å². The number of aryl methyl sites for hydroxylation is 1. The Labute approximate surface area is 115 Å². The molecule has 2 aromatic heterocycles. The van der Waals surface area contributed by atoms with Crippen molar-refractivity contribution < 1.29 is 4.92 Å². The Morgan fingerprint density at radius 3 is 2.89 bits per heavy atom. The van der Waals surface area contributed by atoms with Crippen molar-refractivity contribution in [1.82, 2.24) is 19.7 Å². The summed E-state index contributed by atoms with van der Waals surface area (Å²) < 4.78 is 1.66. The van der Waals surface area contributed by atoms with Crippen molar-refractivity contribution >= 4 is 21.6 Å². The monoisotopic (exact) mass is 327 g/mol. The van der Waals surface area contributed by atoms with E-state index >= 15 is 0 Å². The lowest BCUT2D eigenvalue weighted by Gasteiger charge is -2.03. The van der Waals surface area contributed by atoms with Crippen LogP contribution in [-0.4, -0.2) is 24.7 Å². The summed E-state index contributed by atoms with van der Waals surface area (Å²) in [5, 5.41) is 17.4. The molecule has 0 amide bonds. The minimum absolute atomic E-state index is 0.103. The van der Waals surface area contributed by atoms with Gasteiger partial charge in [0.05, 0.1) is 11.5 Å². The van der Waals surface area contributed by atoms with Gasteiger partial charge in [-0.2, -0.15) is 5.10 Å². The predicted molar refractivity (Wildman–Crippen MR) is 69.9 cm³/mol. The van der Waals surface area contributed by atoms with Crippen molar-refractivity contribution in [2.45, 2.75) is 19.9 Å². The van der Waals surface area contributed by atoms with E-state index in [1.807, 2.05) is 6.92 Å². The lowest BCUT2D eigenvalue weighted by atomic mass is 10.4. The molecule has 0 spiro atoms. The van der Waals surface area contributed by atoms with E-state index in [2.05, 4.69) is 31.1 Å². The fraction of sp³-hybridized carbons (Fsp3) is 0.300. The summed E-state index contributed by atoms with van der Waals surface area (Å²) in [7, 11) is 0. The van der Waals surface area contributed by atoms with Crippen LogP contribution in [0, 0.1) is 10.1 Å². The van der Waals surface area contributed by atoms with Gasteiger partial charge in [-0.25, -0.2) is 4.98 Å². The van der Waals surface area contributed by atoms with Crippen LogP contribution in [0.15, 0.2) is 21.5 Å². The van der Waals surface area contributed by atoms with Gasteiger partial charge in [0.15, 0.2) is 5.82 Å². The number of nitro groups is 1. The van der Waals surface area contributed by atoms with Gasteiger partial charge < -0.3 is 4.57 Å². The van der Waals surface area contributed by atoms with E-state index in [1.54, 1.807) is 0 Å². The number of H-pyrrole nitrogens is 1. The summed E-state index contributed by atoms with van der Waals surface area (Å²) in [6, 6.07) is 1.18. The standard InChI is InChI=1S/C10H10BrN5O3/c1-2-8-12-9(14-13-8)5-15-4-6(11)3-7(10(15)17)16(18)19/h3-4H,2,5H2,1H3,(H,12,13,14). The quantitative estimate of drug-likeness (QED) is 0.671. The van der Waals surface area contributed by atoms with Crippen LogP contribution in [0.4, 0.5) is 5.69 Å². The summed E-state index contributed by atoms with van der Waals surface area (Å²) in [5.41, 5.74) is -1.16. The summed E-state index contributed by atoms with van der Waals surface area (Å²) in [4.78, 5) is 26.1. The fourth-order valence-electron chi connectivity index (χ4n) is 1.56. The first-order chi connectivity index (χ1) is 9.01. The first-order valence-electron chi connectivity index (χ1n) is 5.45. The van der Waals surface area contributed by atoms with Gasteiger partial charge >= 0.3 is 11.2 Å². The van der Waals surface area contributed by atoms with Crippen LogP contribution < -0.4 is 5.56 Å². The third-order valence-corrected chi connectivity index (χ3v) is 2.88. The molecule has 2 heterocycles. The van der Waals surface area contributed by atoms with Crippen LogP contribution in [0.2, 0.25) is 0 Å². The zero-order valence-corrected chi connectivity index (χ0v) is 11.5. The molecule has 0 aliphatic carbocycles. The van der Waals surface area contributed by atoms with Gasteiger partial charge in [-0.1, -0.05) is 6.92 Å². The molecule has 0 saturated carbocycles. The number of hydrogen-bond acceptors (Lipinski definition) is 5. The zero-order chi connectivity index (χ0) is 14.0. The molecule has 0 aromatic carbocycles. The second-order valence-electron chi connectivity index (χ2n) is 3.79. The molecule has 0 radical (unpaired) electrons. The van der Waals surface area contributed by atoms with Crippen LogP contribution in [0.3, 0.4) is 0 Å². The van der Waals surface area contributed by atoms with Crippen LogP contribution in [0.5, 0.6) is 0 Å². The number of pyridine rings is 1. The molecule has 9 heteroatoms. The second kappa shape index (κ2) is 5.31. The molecule has 0 fully saturated rings. The van der Waals surface area contributed by atoms with Gasteiger partial charge in [0.25, 0.3) is 0 Å². The van der Waals surface area contributed by atoms with Crippen molar-refractivity contribution in [1.29, 1.82) is 0 Å². The maximum Gasteiger partial charge on any atom is 0.335 e. The Balaban J connectivity index is 2.40. The number of nitrogens with one attached hydrogen (secondary N) is 1. The molecule has 19 heavy (non-hydrogen) atoms. The average molecular weight is 328 g/mol. The molecule has 0 atom stereocenters. The number of aromatic amines is 1. The van der Waals surface area contributed by atoms with Crippen LogP contribution in [0.25, 0.3) is 0 Å². The zero-order valence-electron chi connectivity index (χ0n) is 9.96. The lowest BCUT2D eigenvalue weighted by molar-refractivity contribution is -0.386.